The number of amides is 1. The molecular weight excluding hydrogens is 245 g/mol. The molecule has 0 saturated heterocycles. The zero-order valence-electron chi connectivity index (χ0n) is 10.4. The van der Waals surface area contributed by atoms with Crippen molar-refractivity contribution in [2.45, 2.75) is 26.8 Å². The lowest BCUT2D eigenvalue weighted by Crippen LogP contribution is -2.45. The monoisotopic (exact) mass is 260 g/mol. The van der Waals surface area contributed by atoms with Crippen molar-refractivity contribution in [2.75, 3.05) is 5.32 Å². The molecule has 1 rings (SSSR count). The van der Waals surface area contributed by atoms with Gasteiger partial charge in [-0.1, -0.05) is 20.8 Å². The summed E-state index contributed by atoms with van der Waals surface area (Å²) < 4.78 is 38.6. The Labute approximate surface area is 103 Å². The molecule has 0 radical (unpaired) electrons. The number of benzene rings is 1. The van der Waals surface area contributed by atoms with Gasteiger partial charge in [-0.3, -0.25) is 4.79 Å². The van der Waals surface area contributed by atoms with Crippen molar-refractivity contribution >= 4 is 11.6 Å². The van der Waals surface area contributed by atoms with Crippen LogP contribution < -0.4 is 11.1 Å². The summed E-state index contributed by atoms with van der Waals surface area (Å²) in [6.45, 7) is 5.26. The number of nitrogens with two attached hydrogens (primary N) is 1. The second-order valence-corrected chi connectivity index (χ2v) is 5.09. The Kier molecular flexibility index (Phi) is 4.01. The Morgan fingerprint density at radius 2 is 1.67 bits per heavy atom. The third-order valence-electron chi connectivity index (χ3n) is 2.47. The van der Waals surface area contributed by atoms with Crippen LogP contribution >= 0.6 is 0 Å². The van der Waals surface area contributed by atoms with Crippen molar-refractivity contribution in [1.82, 2.24) is 0 Å². The van der Waals surface area contributed by atoms with E-state index in [0.29, 0.717) is 12.1 Å². The average molecular weight is 260 g/mol. The number of hydrogen-bond acceptors (Lipinski definition) is 2. The molecule has 0 saturated carbocycles. The van der Waals surface area contributed by atoms with Gasteiger partial charge >= 0.3 is 0 Å². The fraction of sp³-hybridized carbons (Fsp3) is 0.417. The van der Waals surface area contributed by atoms with Crippen LogP contribution in [0.1, 0.15) is 20.8 Å². The molecule has 6 heteroatoms. The molecule has 0 aliphatic carbocycles. The highest BCUT2D eigenvalue weighted by molar-refractivity contribution is 5.95. The Hall–Kier alpha value is -1.56. The first kappa shape index (κ1) is 14.5. The molecule has 1 aromatic rings. The number of nitrogens with one attached hydrogen (secondary N) is 1. The minimum atomic E-state index is -1.58. The van der Waals surface area contributed by atoms with Crippen LogP contribution in [0.4, 0.5) is 18.9 Å². The van der Waals surface area contributed by atoms with Crippen molar-refractivity contribution in [3.63, 3.8) is 0 Å². The van der Waals surface area contributed by atoms with Gasteiger partial charge in [-0.2, -0.15) is 0 Å². The maximum Gasteiger partial charge on any atom is 0.241 e. The van der Waals surface area contributed by atoms with E-state index in [0.717, 1.165) is 0 Å². The predicted molar refractivity (Wildman–Crippen MR) is 62.4 cm³/mol. The molecule has 1 aromatic carbocycles. The van der Waals surface area contributed by atoms with Gasteiger partial charge in [0, 0.05) is 17.8 Å². The Morgan fingerprint density at radius 3 is 2.06 bits per heavy atom. The van der Waals surface area contributed by atoms with Gasteiger partial charge in [-0.25, -0.2) is 13.2 Å². The third-order valence-corrected chi connectivity index (χ3v) is 2.47. The van der Waals surface area contributed by atoms with Crippen LogP contribution in [-0.4, -0.2) is 11.9 Å². The number of hydrogen-bond donors (Lipinski definition) is 2. The van der Waals surface area contributed by atoms with Crippen LogP contribution in [0, 0.1) is 22.9 Å². The van der Waals surface area contributed by atoms with E-state index in [9.17, 15) is 18.0 Å². The number of anilines is 1. The van der Waals surface area contributed by atoms with E-state index in [2.05, 4.69) is 5.32 Å². The van der Waals surface area contributed by atoms with Crippen LogP contribution in [0.2, 0.25) is 0 Å². The largest absolute Gasteiger partial charge is 0.325 e. The lowest BCUT2D eigenvalue weighted by atomic mass is 9.87. The predicted octanol–water partition coefficient (Wildman–Crippen LogP) is 2.42. The molecule has 3 nitrogen and oxygen atoms in total. The summed E-state index contributed by atoms with van der Waals surface area (Å²) in [5.74, 6) is -4.90. The minimum absolute atomic E-state index is 0.170. The van der Waals surface area contributed by atoms with Crippen molar-refractivity contribution < 1.29 is 18.0 Å². The maximum absolute atomic E-state index is 12.9. The normalized spacial score (nSPS) is 13.3. The van der Waals surface area contributed by atoms with Gasteiger partial charge in [0.05, 0.1) is 6.04 Å². The number of carbonyl (C=O) groups is 1. The molecule has 1 atom stereocenters. The molecule has 0 unspecified atom stereocenters. The molecule has 0 fully saturated rings. The van der Waals surface area contributed by atoms with Gasteiger partial charge in [0.25, 0.3) is 0 Å². The van der Waals surface area contributed by atoms with Crippen LogP contribution in [0.5, 0.6) is 0 Å². The summed E-state index contributed by atoms with van der Waals surface area (Å²) in [4.78, 5) is 11.7. The van der Waals surface area contributed by atoms with E-state index >= 15 is 0 Å². The second-order valence-electron chi connectivity index (χ2n) is 5.09. The maximum atomic E-state index is 12.9. The standard InChI is InChI=1S/C12H15F3N2O/c1-12(2,3)10(16)11(18)17-6-4-7(13)9(15)8(14)5-6/h4-5,10H,16H2,1-3H3,(H,17,18)/t10-/m0/s1. The first-order chi connectivity index (χ1) is 8.12. The van der Waals surface area contributed by atoms with Gasteiger partial charge in [0.15, 0.2) is 17.5 Å². The summed E-state index contributed by atoms with van der Waals surface area (Å²) >= 11 is 0. The van der Waals surface area contributed by atoms with Gasteiger partial charge < -0.3 is 11.1 Å². The van der Waals surface area contributed by atoms with Crippen LogP contribution in [0.15, 0.2) is 12.1 Å². The molecule has 3 N–H and O–H groups in total. The van der Waals surface area contributed by atoms with Crippen molar-refractivity contribution in [3.8, 4) is 0 Å². The van der Waals surface area contributed by atoms with E-state index in [4.69, 9.17) is 5.73 Å². The summed E-state index contributed by atoms with van der Waals surface area (Å²) in [7, 11) is 0. The van der Waals surface area contributed by atoms with Crippen molar-refractivity contribution in [1.29, 1.82) is 0 Å². The van der Waals surface area contributed by atoms with E-state index in [1.807, 2.05) is 0 Å². The minimum Gasteiger partial charge on any atom is -0.325 e. The highest BCUT2D eigenvalue weighted by Gasteiger charge is 2.27. The average Bonchev–Trinajstić information content (AvgIpc) is 2.23. The highest BCUT2D eigenvalue weighted by Crippen LogP contribution is 2.21. The van der Waals surface area contributed by atoms with E-state index < -0.39 is 34.8 Å². The summed E-state index contributed by atoms with van der Waals surface area (Å²) in [5, 5.41) is 2.25. The molecule has 100 valence electrons. The highest BCUT2D eigenvalue weighted by atomic mass is 19.2. The number of rotatable bonds is 2. The van der Waals surface area contributed by atoms with Gasteiger partial charge in [-0.15, -0.1) is 0 Å². The topological polar surface area (TPSA) is 55.1 Å². The summed E-state index contributed by atoms with van der Waals surface area (Å²) in [5.41, 5.74) is 5.01. The zero-order chi connectivity index (χ0) is 14.1. The van der Waals surface area contributed by atoms with Crippen molar-refractivity contribution in [2.24, 2.45) is 11.1 Å². The quantitative estimate of drug-likeness (QED) is 0.802. The fourth-order valence-electron chi connectivity index (χ4n) is 1.24. The number of halogens is 3. The molecule has 0 aliphatic heterocycles. The van der Waals surface area contributed by atoms with E-state index in [1.165, 1.54) is 0 Å². The van der Waals surface area contributed by atoms with Crippen LogP contribution in [0.3, 0.4) is 0 Å². The molecule has 0 aliphatic rings. The zero-order valence-corrected chi connectivity index (χ0v) is 10.4. The lowest BCUT2D eigenvalue weighted by molar-refractivity contribution is -0.119. The molecule has 1 amide bonds. The first-order valence-electron chi connectivity index (χ1n) is 5.34. The SMILES string of the molecule is CC(C)(C)[C@@H](N)C(=O)Nc1cc(F)c(F)c(F)c1. The molecule has 0 spiro atoms. The Morgan fingerprint density at radius 1 is 1.22 bits per heavy atom. The second kappa shape index (κ2) is 4.97. The number of carbonyl (C=O) groups excluding carboxylic acids is 1. The first-order valence-corrected chi connectivity index (χ1v) is 5.34. The van der Waals surface area contributed by atoms with E-state index in [-0.39, 0.29) is 5.69 Å². The smallest absolute Gasteiger partial charge is 0.241 e. The molecular formula is C12H15F3N2O. The van der Waals surface area contributed by atoms with Gasteiger partial charge in [0.2, 0.25) is 5.91 Å². The Balaban J connectivity index is 2.90. The molecule has 0 heterocycles. The Bertz CT molecular complexity index is 446. The fourth-order valence-corrected chi connectivity index (χ4v) is 1.24. The lowest BCUT2D eigenvalue weighted by Gasteiger charge is -2.25. The van der Waals surface area contributed by atoms with E-state index in [1.54, 1.807) is 20.8 Å². The summed E-state index contributed by atoms with van der Waals surface area (Å²) in [6.07, 6.45) is 0. The van der Waals surface area contributed by atoms with Crippen LogP contribution in [0.25, 0.3) is 0 Å². The van der Waals surface area contributed by atoms with Gasteiger partial charge in [-0.05, 0) is 5.41 Å². The van der Waals surface area contributed by atoms with Crippen molar-refractivity contribution in [3.05, 3.63) is 29.6 Å². The van der Waals surface area contributed by atoms with Gasteiger partial charge in [0.1, 0.15) is 0 Å². The molecule has 0 bridgehead atoms. The third kappa shape index (κ3) is 3.22. The molecule has 18 heavy (non-hydrogen) atoms. The summed E-state index contributed by atoms with van der Waals surface area (Å²) in [6, 6.07) is 0.547. The van der Waals surface area contributed by atoms with Crippen LogP contribution in [-0.2, 0) is 4.79 Å². The molecule has 0 aromatic heterocycles.